The molecule has 0 spiro atoms. The highest BCUT2D eigenvalue weighted by atomic mass is 16.5. The van der Waals surface area contributed by atoms with Crippen LogP contribution in [0.25, 0.3) is 0 Å². The van der Waals surface area contributed by atoms with Crippen LogP contribution in [0.3, 0.4) is 0 Å². The minimum Gasteiger partial charge on any atom is -0.464 e. The van der Waals surface area contributed by atoms with Crippen molar-refractivity contribution in [3.8, 4) is 0 Å². The van der Waals surface area contributed by atoms with Gasteiger partial charge < -0.3 is 20.1 Å². The molecule has 0 aromatic rings. The molecule has 266 valence electrons. The number of carbonyl (C=O) groups is 3. The van der Waals surface area contributed by atoms with Crippen LogP contribution in [-0.4, -0.2) is 55.6 Å². The zero-order valence-electron chi connectivity index (χ0n) is 30.2. The molecule has 45 heavy (non-hydrogen) atoms. The number of rotatable bonds is 33. The maximum absolute atomic E-state index is 13.1. The molecule has 0 bridgehead atoms. The van der Waals surface area contributed by atoms with Gasteiger partial charge >= 0.3 is 11.9 Å². The van der Waals surface area contributed by atoms with Crippen molar-refractivity contribution in [1.29, 1.82) is 0 Å². The molecule has 0 saturated carbocycles. The Morgan fingerprint density at radius 2 is 0.778 bits per heavy atom. The van der Waals surface area contributed by atoms with E-state index in [2.05, 4.69) is 27.7 Å². The standard InChI is InChI=1S/C38H74N2O5/c1-5-9-13-17-21-25-34(26-22-18-14-10-6-2)37(42)44-31-29-40(36(41)33-39)30-32-45-38(43)35(27-23-19-15-11-7-3)28-24-20-16-12-8-4/h34-35H,5-33,39H2,1-4H3. The maximum Gasteiger partial charge on any atom is 0.308 e. The van der Waals surface area contributed by atoms with E-state index in [1.165, 1.54) is 77.0 Å². The molecule has 0 fully saturated rings. The van der Waals surface area contributed by atoms with Crippen LogP contribution in [0.1, 0.15) is 182 Å². The van der Waals surface area contributed by atoms with Crippen molar-refractivity contribution in [3.63, 3.8) is 0 Å². The molecule has 0 aromatic heterocycles. The lowest BCUT2D eigenvalue weighted by molar-refractivity contribution is -0.152. The van der Waals surface area contributed by atoms with Gasteiger partial charge in [0, 0.05) is 0 Å². The SMILES string of the molecule is CCCCCCCC(CCCCCCC)C(=O)OCCN(CCOC(=O)C(CCCCCCC)CCCCCCC)C(=O)CN. The third-order valence-electron chi connectivity index (χ3n) is 9.03. The van der Waals surface area contributed by atoms with Crippen LogP contribution in [0.5, 0.6) is 0 Å². The first-order valence-electron chi connectivity index (χ1n) is 19.3. The summed E-state index contributed by atoms with van der Waals surface area (Å²) in [6.45, 7) is 9.52. The molecule has 0 atom stereocenters. The van der Waals surface area contributed by atoms with Crippen molar-refractivity contribution in [3.05, 3.63) is 0 Å². The Kier molecular flexibility index (Phi) is 31.1. The van der Waals surface area contributed by atoms with Crippen molar-refractivity contribution < 1.29 is 23.9 Å². The number of esters is 2. The average molecular weight is 639 g/mol. The number of carbonyl (C=O) groups excluding carboxylic acids is 3. The van der Waals surface area contributed by atoms with Crippen LogP contribution < -0.4 is 5.73 Å². The molecular weight excluding hydrogens is 564 g/mol. The van der Waals surface area contributed by atoms with Crippen LogP contribution in [0.4, 0.5) is 0 Å². The molecule has 7 heteroatoms. The largest absolute Gasteiger partial charge is 0.464 e. The number of amides is 1. The van der Waals surface area contributed by atoms with E-state index in [-0.39, 0.29) is 62.5 Å². The molecule has 0 heterocycles. The van der Waals surface area contributed by atoms with Gasteiger partial charge in [-0.1, -0.05) is 156 Å². The number of nitrogens with zero attached hydrogens (tertiary/aromatic N) is 1. The fraction of sp³-hybridized carbons (Fsp3) is 0.921. The second-order valence-electron chi connectivity index (χ2n) is 13.1. The van der Waals surface area contributed by atoms with Crippen LogP contribution in [-0.2, 0) is 23.9 Å². The topological polar surface area (TPSA) is 98.9 Å². The highest BCUT2D eigenvalue weighted by Crippen LogP contribution is 2.22. The molecule has 0 aromatic carbocycles. The minimum atomic E-state index is -0.228. The van der Waals surface area contributed by atoms with Gasteiger partial charge in [-0.05, 0) is 25.7 Å². The second kappa shape index (κ2) is 32.3. The zero-order valence-corrected chi connectivity index (χ0v) is 30.2. The summed E-state index contributed by atoms with van der Waals surface area (Å²) in [6.07, 6.45) is 27.0. The summed E-state index contributed by atoms with van der Waals surface area (Å²) in [5.41, 5.74) is 5.68. The van der Waals surface area contributed by atoms with E-state index in [1.807, 2.05) is 0 Å². The van der Waals surface area contributed by atoms with Gasteiger partial charge in [-0.3, -0.25) is 14.4 Å². The number of ether oxygens (including phenoxy) is 2. The summed E-state index contributed by atoms with van der Waals surface area (Å²) in [7, 11) is 0. The fourth-order valence-electron chi connectivity index (χ4n) is 5.98. The normalized spacial score (nSPS) is 11.4. The highest BCUT2D eigenvalue weighted by Gasteiger charge is 2.22. The molecular formula is C38H74N2O5. The summed E-state index contributed by atoms with van der Waals surface area (Å²) in [6, 6.07) is 0. The van der Waals surface area contributed by atoms with E-state index in [0.29, 0.717) is 0 Å². The van der Waals surface area contributed by atoms with Crippen molar-refractivity contribution in [1.82, 2.24) is 4.90 Å². The van der Waals surface area contributed by atoms with Gasteiger partial charge in [0.05, 0.1) is 31.5 Å². The summed E-state index contributed by atoms with van der Waals surface area (Å²) < 4.78 is 11.4. The van der Waals surface area contributed by atoms with E-state index in [1.54, 1.807) is 4.90 Å². The Morgan fingerprint density at radius 3 is 1.04 bits per heavy atom. The Balaban J connectivity index is 4.86. The van der Waals surface area contributed by atoms with Crippen LogP contribution in [0, 0.1) is 11.8 Å². The molecule has 7 nitrogen and oxygen atoms in total. The molecule has 0 radical (unpaired) electrons. The Labute approximate surface area is 278 Å². The molecule has 0 saturated heterocycles. The summed E-state index contributed by atoms with van der Waals surface area (Å²) >= 11 is 0. The third-order valence-corrected chi connectivity index (χ3v) is 9.03. The Morgan fingerprint density at radius 1 is 0.489 bits per heavy atom. The first kappa shape index (κ1) is 43.4. The molecule has 0 aliphatic rings. The minimum absolute atomic E-state index is 0.0752. The molecule has 0 unspecified atom stereocenters. The van der Waals surface area contributed by atoms with Gasteiger partial charge in [0.1, 0.15) is 13.2 Å². The van der Waals surface area contributed by atoms with E-state index < -0.39 is 0 Å². The second-order valence-corrected chi connectivity index (χ2v) is 13.1. The van der Waals surface area contributed by atoms with Crippen LogP contribution in [0.15, 0.2) is 0 Å². The van der Waals surface area contributed by atoms with Gasteiger partial charge in [0.15, 0.2) is 0 Å². The highest BCUT2D eigenvalue weighted by molar-refractivity contribution is 5.78. The average Bonchev–Trinajstić information content (AvgIpc) is 3.04. The van der Waals surface area contributed by atoms with E-state index in [4.69, 9.17) is 15.2 Å². The molecule has 0 aliphatic heterocycles. The van der Waals surface area contributed by atoms with Gasteiger partial charge in [-0.25, -0.2) is 0 Å². The van der Waals surface area contributed by atoms with Gasteiger partial charge in [0.2, 0.25) is 5.91 Å². The predicted octanol–water partition coefficient (Wildman–Crippen LogP) is 9.53. The summed E-state index contributed by atoms with van der Waals surface area (Å²) in [5.74, 6) is -0.669. The Bertz CT molecular complexity index is 624. The number of unbranched alkanes of at least 4 members (excludes halogenated alkanes) is 16. The van der Waals surface area contributed by atoms with Crippen molar-refractivity contribution in [2.75, 3.05) is 32.8 Å². The number of hydrogen-bond donors (Lipinski definition) is 1. The monoisotopic (exact) mass is 639 g/mol. The quantitative estimate of drug-likeness (QED) is 0.0568. The molecule has 0 aliphatic carbocycles. The maximum atomic E-state index is 13.1. The lowest BCUT2D eigenvalue weighted by atomic mass is 9.94. The van der Waals surface area contributed by atoms with Crippen LogP contribution >= 0.6 is 0 Å². The first-order chi connectivity index (χ1) is 21.9. The van der Waals surface area contributed by atoms with Gasteiger partial charge in [0.25, 0.3) is 0 Å². The van der Waals surface area contributed by atoms with Crippen molar-refractivity contribution in [2.24, 2.45) is 17.6 Å². The molecule has 2 N–H and O–H groups in total. The smallest absolute Gasteiger partial charge is 0.308 e. The number of hydrogen-bond acceptors (Lipinski definition) is 6. The van der Waals surface area contributed by atoms with Gasteiger partial charge in [-0.15, -0.1) is 0 Å². The van der Waals surface area contributed by atoms with Crippen LogP contribution in [0.2, 0.25) is 0 Å². The van der Waals surface area contributed by atoms with Crippen molar-refractivity contribution >= 4 is 17.8 Å². The summed E-state index contributed by atoms with van der Waals surface area (Å²) in [5, 5.41) is 0. The van der Waals surface area contributed by atoms with Crippen molar-refractivity contribution in [2.45, 2.75) is 182 Å². The first-order valence-corrected chi connectivity index (χ1v) is 19.3. The predicted molar refractivity (Wildman–Crippen MR) is 188 cm³/mol. The van der Waals surface area contributed by atoms with E-state index >= 15 is 0 Å². The fourth-order valence-corrected chi connectivity index (χ4v) is 5.98. The third kappa shape index (κ3) is 25.2. The Hall–Kier alpha value is -1.63. The summed E-state index contributed by atoms with van der Waals surface area (Å²) in [4.78, 5) is 40.2. The molecule has 1 amide bonds. The zero-order chi connectivity index (χ0) is 33.4. The lowest BCUT2D eigenvalue weighted by Gasteiger charge is -2.23. The number of nitrogens with two attached hydrogens (primary N) is 1. The van der Waals surface area contributed by atoms with Gasteiger partial charge in [-0.2, -0.15) is 0 Å². The lowest BCUT2D eigenvalue weighted by Crippen LogP contribution is -2.41. The molecule has 0 rings (SSSR count). The van der Waals surface area contributed by atoms with E-state index in [9.17, 15) is 14.4 Å². The van der Waals surface area contributed by atoms with E-state index in [0.717, 1.165) is 77.0 Å².